The van der Waals surface area contributed by atoms with Crippen LogP contribution in [0.1, 0.15) is 85.8 Å². The normalized spacial score (nSPS) is 37.6. The SMILES string of the molecule is O=C(N[C@H]1C[C@@H]1c1ccccc1)[C@@H]1CN(C(=O)C23CCC(C(=O)N4C[C@@H](C(=O)N[C@H]5C[C@@H]5c5ccccc5)[C@H](C(=O)N[C@H]5C[C@@H]5P)C4)(C2)C3)C[C@H]1C(=O)N[C@H]1C[C@@H]1c1ccccc1. The highest BCUT2D eigenvalue weighted by molar-refractivity contribution is 7.18. The zero-order chi connectivity index (χ0) is 43.2. The van der Waals surface area contributed by atoms with E-state index in [0.29, 0.717) is 31.3 Å². The van der Waals surface area contributed by atoms with Crippen LogP contribution in [0, 0.1) is 34.5 Å². The highest BCUT2D eigenvalue weighted by Crippen LogP contribution is 2.68. The fourth-order valence-electron chi connectivity index (χ4n) is 12.1. The Kier molecular flexibility index (Phi) is 10.0. The van der Waals surface area contributed by atoms with Crippen LogP contribution in [0.2, 0.25) is 0 Å². The van der Waals surface area contributed by atoms with Gasteiger partial charge in [-0.25, -0.2) is 0 Å². The van der Waals surface area contributed by atoms with E-state index in [-0.39, 0.29) is 104 Å². The zero-order valence-electron chi connectivity index (χ0n) is 35.5. The van der Waals surface area contributed by atoms with Crippen molar-refractivity contribution in [2.45, 2.75) is 98.9 Å². The maximum Gasteiger partial charge on any atom is 0.228 e. The monoisotopic (exact) mass is 868 g/mol. The maximum absolute atomic E-state index is 14.7. The Morgan fingerprint density at radius 1 is 0.444 bits per heavy atom. The van der Waals surface area contributed by atoms with Crippen molar-refractivity contribution >= 4 is 44.7 Å². The van der Waals surface area contributed by atoms with Gasteiger partial charge in [0.15, 0.2) is 0 Å². The molecule has 0 radical (unpaired) electrons. The predicted molar refractivity (Wildman–Crippen MR) is 238 cm³/mol. The molecule has 6 amide bonds. The fourth-order valence-corrected chi connectivity index (χ4v) is 12.5. The van der Waals surface area contributed by atoms with Gasteiger partial charge in [0.2, 0.25) is 35.4 Å². The molecule has 0 spiro atoms. The third-order valence-electron chi connectivity index (χ3n) is 16.1. The summed E-state index contributed by atoms with van der Waals surface area (Å²) in [6, 6.07) is 30.4. The van der Waals surface area contributed by atoms with E-state index >= 15 is 0 Å². The average Bonchev–Trinajstić information content (AvgIpc) is 4.27. The Hall–Kier alpha value is -5.09. The number of carbonyl (C=O) groups excluding carboxylic acids is 6. The first-order chi connectivity index (χ1) is 30.5. The van der Waals surface area contributed by atoms with Crippen LogP contribution in [0.5, 0.6) is 0 Å². The molecular weight excluding hydrogens is 812 g/mol. The van der Waals surface area contributed by atoms with Gasteiger partial charge in [0.05, 0.1) is 34.5 Å². The first kappa shape index (κ1) is 40.7. The number of hydrogen-bond donors (Lipinski definition) is 4. The highest BCUT2D eigenvalue weighted by Gasteiger charge is 2.70. The molecule has 13 heteroatoms. The first-order valence-corrected chi connectivity index (χ1v) is 23.9. The molecular formula is C50H57N6O6P. The number of carbonyl (C=O) groups is 6. The van der Waals surface area contributed by atoms with E-state index in [9.17, 15) is 28.8 Å². The highest BCUT2D eigenvalue weighted by atomic mass is 31.0. The van der Waals surface area contributed by atoms with Crippen molar-refractivity contribution in [3.05, 3.63) is 108 Å². The maximum atomic E-state index is 14.7. The molecule has 2 bridgehead atoms. The van der Waals surface area contributed by atoms with Crippen molar-refractivity contribution in [1.82, 2.24) is 31.1 Å². The quantitative estimate of drug-likeness (QED) is 0.192. The van der Waals surface area contributed by atoms with Gasteiger partial charge in [-0.3, -0.25) is 28.8 Å². The second-order valence-corrected chi connectivity index (χ2v) is 21.2. The van der Waals surface area contributed by atoms with E-state index in [2.05, 4.69) is 66.9 Å². The molecule has 2 aliphatic heterocycles. The number of amides is 6. The van der Waals surface area contributed by atoms with Crippen LogP contribution in [0.15, 0.2) is 91.0 Å². The summed E-state index contributed by atoms with van der Waals surface area (Å²) in [6.45, 7) is 0.654. The number of hydrogen-bond acceptors (Lipinski definition) is 6. The van der Waals surface area contributed by atoms with E-state index < -0.39 is 34.5 Å². The van der Waals surface area contributed by atoms with Crippen LogP contribution >= 0.6 is 9.24 Å². The summed E-state index contributed by atoms with van der Waals surface area (Å²) in [5.74, 6) is -2.89. The van der Waals surface area contributed by atoms with E-state index in [4.69, 9.17) is 0 Å². The number of likely N-dealkylation sites (tertiary alicyclic amines) is 2. The molecule has 4 N–H and O–H groups in total. The van der Waals surface area contributed by atoms with Crippen molar-refractivity contribution in [3.8, 4) is 0 Å². The lowest BCUT2D eigenvalue weighted by atomic mass is 9.59. The third kappa shape index (κ3) is 7.64. The Morgan fingerprint density at radius 3 is 1.02 bits per heavy atom. The molecule has 12 nitrogen and oxygen atoms in total. The van der Waals surface area contributed by atoms with Crippen LogP contribution in [0.3, 0.4) is 0 Å². The van der Waals surface area contributed by atoms with Crippen LogP contribution in [0.4, 0.5) is 0 Å². The van der Waals surface area contributed by atoms with Crippen molar-refractivity contribution in [2.24, 2.45) is 34.5 Å². The number of fused-ring (bicyclic) bond motifs is 1. The zero-order valence-corrected chi connectivity index (χ0v) is 36.6. The molecule has 3 aromatic rings. The number of nitrogens with one attached hydrogen (secondary N) is 4. The van der Waals surface area contributed by atoms with E-state index in [1.165, 1.54) is 16.7 Å². The van der Waals surface area contributed by atoms with Gasteiger partial charge < -0.3 is 31.1 Å². The smallest absolute Gasteiger partial charge is 0.228 e. The second-order valence-electron chi connectivity index (χ2n) is 20.4. The Bertz CT molecular complexity index is 2250. The molecule has 3 aromatic carbocycles. The van der Waals surface area contributed by atoms with Gasteiger partial charge in [-0.2, -0.15) is 0 Å². The fraction of sp³-hybridized carbons (Fsp3) is 0.520. The van der Waals surface area contributed by atoms with Gasteiger partial charge in [0.1, 0.15) is 0 Å². The van der Waals surface area contributed by atoms with E-state index in [1.807, 2.05) is 54.6 Å². The number of rotatable bonds is 13. The van der Waals surface area contributed by atoms with E-state index in [0.717, 1.165) is 25.7 Å². The summed E-state index contributed by atoms with van der Waals surface area (Å²) >= 11 is 0. The molecule has 7 aliphatic carbocycles. The average molecular weight is 869 g/mol. The van der Waals surface area contributed by atoms with Gasteiger partial charge in [0.25, 0.3) is 0 Å². The molecule has 9 fully saturated rings. The standard InChI is InChI=1S/C50H57N6O6P/c57-43(51-38-18-31(38)28-10-4-1-5-11-28)34-22-55(23-35(34)44(58)52-39-19-32(39)29-12-6-2-7-13-29)47(61)49-16-17-50(26-49,27-49)48(62)56-24-36(37(25-56)46(60)54-41-21-42(41)63)45(59)53-40-20-33(40)30-14-8-3-9-15-30/h1-15,31-42H,16-27,63H2,(H,51,57)(H,52,58)(H,53,59)(H,54,60)/t31-,32-,33-,34-,35-,36-,37-,38+,39+,40+,41+,42+,49?,50?/m1/s1. The largest absolute Gasteiger partial charge is 0.352 e. The van der Waals surface area contributed by atoms with Crippen molar-refractivity contribution < 1.29 is 28.8 Å². The van der Waals surface area contributed by atoms with Gasteiger partial charge >= 0.3 is 0 Å². The Labute approximate surface area is 370 Å². The summed E-state index contributed by atoms with van der Waals surface area (Å²) in [5, 5.41) is 12.8. The van der Waals surface area contributed by atoms with Crippen LogP contribution in [0.25, 0.3) is 0 Å². The molecule has 2 saturated heterocycles. The summed E-state index contributed by atoms with van der Waals surface area (Å²) in [4.78, 5) is 88.4. The molecule has 2 heterocycles. The number of nitrogens with zero attached hydrogens (tertiary/aromatic N) is 2. The molecule has 63 heavy (non-hydrogen) atoms. The van der Waals surface area contributed by atoms with Crippen LogP contribution in [-0.4, -0.2) is 101 Å². The molecule has 13 atom stereocenters. The summed E-state index contributed by atoms with van der Waals surface area (Å²) in [6.07, 6.45) is 5.28. The molecule has 328 valence electrons. The minimum absolute atomic E-state index is 0.00154. The summed E-state index contributed by atoms with van der Waals surface area (Å²) in [5.41, 5.74) is 2.38. The molecule has 9 aliphatic rings. The van der Waals surface area contributed by atoms with E-state index in [1.54, 1.807) is 9.80 Å². The first-order valence-electron chi connectivity index (χ1n) is 23.2. The third-order valence-corrected chi connectivity index (χ3v) is 16.8. The van der Waals surface area contributed by atoms with Gasteiger partial charge in [0, 0.05) is 68.1 Å². The van der Waals surface area contributed by atoms with Gasteiger partial charge in [-0.15, -0.1) is 9.24 Å². The Morgan fingerprint density at radius 2 is 0.730 bits per heavy atom. The Balaban J connectivity index is 0.753. The minimum Gasteiger partial charge on any atom is -0.352 e. The second kappa shape index (κ2) is 15.6. The molecule has 1 unspecified atom stereocenters. The van der Waals surface area contributed by atoms with Crippen LogP contribution < -0.4 is 21.3 Å². The van der Waals surface area contributed by atoms with Gasteiger partial charge in [-0.1, -0.05) is 91.0 Å². The molecule has 7 saturated carbocycles. The summed E-state index contributed by atoms with van der Waals surface area (Å²) in [7, 11) is 2.75. The van der Waals surface area contributed by atoms with Crippen molar-refractivity contribution in [2.75, 3.05) is 26.2 Å². The van der Waals surface area contributed by atoms with Crippen LogP contribution in [-0.2, 0) is 28.8 Å². The molecule has 0 aromatic heterocycles. The number of benzene rings is 3. The van der Waals surface area contributed by atoms with Crippen molar-refractivity contribution in [1.29, 1.82) is 0 Å². The van der Waals surface area contributed by atoms with Gasteiger partial charge in [-0.05, 0) is 73.7 Å². The lowest BCUT2D eigenvalue weighted by molar-refractivity contribution is -0.159. The van der Waals surface area contributed by atoms with Crippen molar-refractivity contribution in [3.63, 3.8) is 0 Å². The minimum atomic E-state index is -0.739. The topological polar surface area (TPSA) is 157 Å². The lowest BCUT2D eigenvalue weighted by Crippen LogP contribution is -2.55. The lowest BCUT2D eigenvalue weighted by Gasteiger charge is -2.47. The molecule has 12 rings (SSSR count). The predicted octanol–water partition coefficient (Wildman–Crippen LogP) is 3.85. The summed E-state index contributed by atoms with van der Waals surface area (Å²) < 4.78 is 0.